The van der Waals surface area contributed by atoms with Crippen LogP contribution in [0, 0.1) is 0 Å². The molecule has 2 saturated heterocycles. The molecule has 16 heavy (non-hydrogen) atoms. The van der Waals surface area contributed by atoms with Gasteiger partial charge in [0.1, 0.15) is 6.10 Å². The zero-order chi connectivity index (χ0) is 11.6. The molecule has 0 aromatic rings. The zero-order valence-corrected chi connectivity index (χ0v) is 9.95. The predicted molar refractivity (Wildman–Crippen MR) is 60.0 cm³/mol. The van der Waals surface area contributed by atoms with Gasteiger partial charge in [0.2, 0.25) is 0 Å². The van der Waals surface area contributed by atoms with Crippen LogP contribution in [0.25, 0.3) is 0 Å². The minimum Gasteiger partial charge on any atom is -0.390 e. The van der Waals surface area contributed by atoms with Gasteiger partial charge in [-0.05, 0) is 39.0 Å². The van der Waals surface area contributed by atoms with Crippen molar-refractivity contribution in [3.8, 4) is 0 Å². The van der Waals surface area contributed by atoms with Gasteiger partial charge in [-0.2, -0.15) is 0 Å². The Labute approximate surface area is 96.6 Å². The number of carbonyl (C=O) groups is 1. The van der Waals surface area contributed by atoms with Crippen LogP contribution in [-0.4, -0.2) is 47.3 Å². The Balaban J connectivity index is 1.86. The average Bonchev–Trinajstić information content (AvgIpc) is 2.29. The molecule has 0 aromatic heterocycles. The summed E-state index contributed by atoms with van der Waals surface area (Å²) in [7, 11) is 0. The highest BCUT2D eigenvalue weighted by Crippen LogP contribution is 2.23. The standard InChI is InChI=1S/C12H21NO3/c1-12(15)5-7-13(8-6-12)11(14)10-4-2-3-9-16-10/h10,15H,2-9H2,1H3. The van der Waals surface area contributed by atoms with E-state index in [1.54, 1.807) is 0 Å². The van der Waals surface area contributed by atoms with Crippen molar-refractivity contribution in [2.45, 2.75) is 50.7 Å². The molecule has 1 amide bonds. The third-order valence-electron chi connectivity index (χ3n) is 3.61. The van der Waals surface area contributed by atoms with Gasteiger partial charge >= 0.3 is 0 Å². The Bertz CT molecular complexity index is 249. The van der Waals surface area contributed by atoms with Crippen LogP contribution in [0.4, 0.5) is 0 Å². The number of hydrogen-bond acceptors (Lipinski definition) is 3. The SMILES string of the molecule is CC1(O)CCN(C(=O)C2CCCCO2)CC1. The lowest BCUT2D eigenvalue weighted by molar-refractivity contribution is -0.150. The Morgan fingerprint density at radius 1 is 1.38 bits per heavy atom. The molecular formula is C12H21NO3. The fourth-order valence-electron chi connectivity index (χ4n) is 2.35. The van der Waals surface area contributed by atoms with E-state index in [9.17, 15) is 9.90 Å². The van der Waals surface area contributed by atoms with Crippen LogP contribution in [0.2, 0.25) is 0 Å². The summed E-state index contributed by atoms with van der Waals surface area (Å²) < 4.78 is 5.49. The number of likely N-dealkylation sites (tertiary alicyclic amines) is 1. The zero-order valence-electron chi connectivity index (χ0n) is 9.95. The first-order valence-electron chi connectivity index (χ1n) is 6.21. The molecule has 0 saturated carbocycles. The van der Waals surface area contributed by atoms with Gasteiger partial charge in [-0.3, -0.25) is 4.79 Å². The molecule has 4 nitrogen and oxygen atoms in total. The molecule has 2 aliphatic rings. The summed E-state index contributed by atoms with van der Waals surface area (Å²) in [6, 6.07) is 0. The molecule has 1 atom stereocenters. The van der Waals surface area contributed by atoms with Crippen molar-refractivity contribution in [1.82, 2.24) is 4.90 Å². The largest absolute Gasteiger partial charge is 0.390 e. The van der Waals surface area contributed by atoms with Crippen LogP contribution in [0.1, 0.15) is 39.0 Å². The maximum absolute atomic E-state index is 12.1. The van der Waals surface area contributed by atoms with E-state index in [-0.39, 0.29) is 12.0 Å². The van der Waals surface area contributed by atoms with E-state index in [4.69, 9.17) is 4.74 Å². The van der Waals surface area contributed by atoms with Gasteiger partial charge in [-0.25, -0.2) is 0 Å². The van der Waals surface area contributed by atoms with E-state index >= 15 is 0 Å². The number of amides is 1. The van der Waals surface area contributed by atoms with E-state index in [1.807, 2.05) is 11.8 Å². The minimum absolute atomic E-state index is 0.121. The van der Waals surface area contributed by atoms with E-state index in [0.29, 0.717) is 32.5 Å². The normalized spacial score (nSPS) is 30.1. The third-order valence-corrected chi connectivity index (χ3v) is 3.61. The maximum atomic E-state index is 12.1. The monoisotopic (exact) mass is 227 g/mol. The maximum Gasteiger partial charge on any atom is 0.251 e. The van der Waals surface area contributed by atoms with Crippen molar-refractivity contribution in [2.75, 3.05) is 19.7 Å². The smallest absolute Gasteiger partial charge is 0.251 e. The van der Waals surface area contributed by atoms with E-state index in [2.05, 4.69) is 0 Å². The van der Waals surface area contributed by atoms with Crippen molar-refractivity contribution >= 4 is 5.91 Å². The van der Waals surface area contributed by atoms with Gasteiger partial charge in [-0.15, -0.1) is 0 Å². The van der Waals surface area contributed by atoms with E-state index in [0.717, 1.165) is 19.3 Å². The Hall–Kier alpha value is -0.610. The van der Waals surface area contributed by atoms with Crippen molar-refractivity contribution < 1.29 is 14.6 Å². The van der Waals surface area contributed by atoms with E-state index in [1.165, 1.54) is 0 Å². The van der Waals surface area contributed by atoms with Gasteiger partial charge in [-0.1, -0.05) is 0 Å². The molecular weight excluding hydrogens is 206 g/mol. The summed E-state index contributed by atoms with van der Waals surface area (Å²) in [6.45, 7) is 3.87. The molecule has 92 valence electrons. The van der Waals surface area contributed by atoms with Crippen LogP contribution in [0.5, 0.6) is 0 Å². The summed E-state index contributed by atoms with van der Waals surface area (Å²) in [6.07, 6.45) is 4.13. The van der Waals surface area contributed by atoms with Gasteiger partial charge in [0, 0.05) is 19.7 Å². The van der Waals surface area contributed by atoms with Crippen LogP contribution in [-0.2, 0) is 9.53 Å². The Morgan fingerprint density at radius 3 is 2.62 bits per heavy atom. The molecule has 2 fully saturated rings. The number of hydrogen-bond donors (Lipinski definition) is 1. The third kappa shape index (κ3) is 2.74. The van der Waals surface area contributed by atoms with Crippen LogP contribution >= 0.6 is 0 Å². The van der Waals surface area contributed by atoms with Crippen molar-refractivity contribution in [1.29, 1.82) is 0 Å². The number of ether oxygens (including phenoxy) is 1. The molecule has 2 aliphatic heterocycles. The van der Waals surface area contributed by atoms with Crippen LogP contribution in [0.3, 0.4) is 0 Å². The number of rotatable bonds is 1. The summed E-state index contributed by atoms with van der Waals surface area (Å²) in [5.41, 5.74) is -0.593. The second-order valence-corrected chi connectivity index (χ2v) is 5.18. The molecule has 0 spiro atoms. The molecule has 4 heteroatoms. The molecule has 0 bridgehead atoms. The molecule has 0 aromatic carbocycles. The number of aliphatic hydroxyl groups is 1. The highest BCUT2D eigenvalue weighted by Gasteiger charge is 2.33. The number of carbonyl (C=O) groups excluding carboxylic acids is 1. The summed E-state index contributed by atoms with van der Waals surface area (Å²) >= 11 is 0. The van der Waals surface area contributed by atoms with Gasteiger partial charge in [0.15, 0.2) is 0 Å². The first kappa shape index (κ1) is 11.9. The first-order chi connectivity index (χ1) is 7.58. The quantitative estimate of drug-likeness (QED) is 0.725. The Morgan fingerprint density at radius 2 is 2.06 bits per heavy atom. The fourth-order valence-corrected chi connectivity index (χ4v) is 2.35. The fraction of sp³-hybridized carbons (Fsp3) is 0.917. The van der Waals surface area contributed by atoms with E-state index < -0.39 is 5.60 Å². The molecule has 1 unspecified atom stereocenters. The van der Waals surface area contributed by atoms with Crippen LogP contribution in [0.15, 0.2) is 0 Å². The predicted octanol–water partition coefficient (Wildman–Crippen LogP) is 0.929. The van der Waals surface area contributed by atoms with Crippen molar-refractivity contribution in [3.05, 3.63) is 0 Å². The second kappa shape index (κ2) is 4.72. The lowest BCUT2D eigenvalue weighted by Crippen LogP contribution is -2.49. The second-order valence-electron chi connectivity index (χ2n) is 5.18. The first-order valence-corrected chi connectivity index (χ1v) is 6.21. The number of nitrogens with zero attached hydrogens (tertiary/aromatic N) is 1. The highest BCUT2D eigenvalue weighted by atomic mass is 16.5. The van der Waals surface area contributed by atoms with Crippen LogP contribution < -0.4 is 0 Å². The van der Waals surface area contributed by atoms with Gasteiger partial charge in [0.05, 0.1) is 5.60 Å². The van der Waals surface area contributed by atoms with Gasteiger partial charge < -0.3 is 14.7 Å². The topological polar surface area (TPSA) is 49.8 Å². The summed E-state index contributed by atoms with van der Waals surface area (Å²) in [4.78, 5) is 13.9. The molecule has 2 rings (SSSR count). The molecule has 1 N–H and O–H groups in total. The Kier molecular flexibility index (Phi) is 3.50. The van der Waals surface area contributed by atoms with Gasteiger partial charge in [0.25, 0.3) is 5.91 Å². The molecule has 0 aliphatic carbocycles. The molecule has 0 radical (unpaired) electrons. The van der Waals surface area contributed by atoms with Crippen molar-refractivity contribution in [3.63, 3.8) is 0 Å². The van der Waals surface area contributed by atoms with Crippen molar-refractivity contribution in [2.24, 2.45) is 0 Å². The highest BCUT2D eigenvalue weighted by molar-refractivity contribution is 5.81. The average molecular weight is 227 g/mol. The summed E-state index contributed by atoms with van der Waals surface area (Å²) in [5, 5.41) is 9.82. The minimum atomic E-state index is -0.593. The lowest BCUT2D eigenvalue weighted by atomic mass is 9.93. The molecule has 2 heterocycles. The number of piperidine rings is 1. The summed E-state index contributed by atoms with van der Waals surface area (Å²) in [5.74, 6) is 0.121. The lowest BCUT2D eigenvalue weighted by Gasteiger charge is -2.37.